The minimum Gasteiger partial charge on any atom is -0.495 e. The number of nitrogens with zero attached hydrogens (tertiary/aromatic N) is 2. The summed E-state index contributed by atoms with van der Waals surface area (Å²) in [5, 5.41) is 1.03. The van der Waals surface area contributed by atoms with Gasteiger partial charge in [0, 0.05) is 17.5 Å². The lowest BCUT2D eigenvalue weighted by molar-refractivity contribution is -0.137. The van der Waals surface area contributed by atoms with E-state index in [9.17, 15) is 9.59 Å². The van der Waals surface area contributed by atoms with E-state index in [-0.39, 0.29) is 11.5 Å². The standard InChI is InChI=1S/C20H17ClN2O4S/c1-11-9-15(16(26-2)10-13(11)21)23-18(24)12-5-3-4-6-14(12)22-20(23)28-17-7-8-27-19(17)25/h3-6,9-10,17H,7-8H2,1-2H3/t17-/m1/s1. The Labute approximate surface area is 170 Å². The highest BCUT2D eigenvalue weighted by Gasteiger charge is 2.30. The van der Waals surface area contributed by atoms with Crippen molar-refractivity contribution in [2.45, 2.75) is 23.8 Å². The number of ether oxygens (including phenoxy) is 2. The number of rotatable bonds is 4. The molecule has 2 aromatic carbocycles. The van der Waals surface area contributed by atoms with Crippen LogP contribution in [-0.4, -0.2) is 34.5 Å². The molecule has 144 valence electrons. The molecule has 1 aromatic heterocycles. The van der Waals surface area contributed by atoms with Crippen LogP contribution < -0.4 is 10.3 Å². The lowest BCUT2D eigenvalue weighted by atomic mass is 10.2. The lowest BCUT2D eigenvalue weighted by Gasteiger charge is -2.18. The van der Waals surface area contributed by atoms with Gasteiger partial charge < -0.3 is 9.47 Å². The maximum absolute atomic E-state index is 13.4. The molecule has 0 spiro atoms. The predicted molar refractivity (Wildman–Crippen MR) is 109 cm³/mol. The molecule has 1 aliphatic heterocycles. The highest BCUT2D eigenvalue weighted by atomic mass is 35.5. The highest BCUT2D eigenvalue weighted by Crippen LogP contribution is 2.34. The first-order chi connectivity index (χ1) is 13.5. The number of methoxy groups -OCH3 is 1. The summed E-state index contributed by atoms with van der Waals surface area (Å²) >= 11 is 7.46. The summed E-state index contributed by atoms with van der Waals surface area (Å²) < 4.78 is 12.0. The van der Waals surface area contributed by atoms with Gasteiger partial charge in [0.1, 0.15) is 11.0 Å². The van der Waals surface area contributed by atoms with E-state index in [4.69, 9.17) is 21.1 Å². The van der Waals surface area contributed by atoms with Crippen LogP contribution in [-0.2, 0) is 9.53 Å². The Balaban J connectivity index is 1.99. The Morgan fingerprint density at radius 3 is 2.79 bits per heavy atom. The van der Waals surface area contributed by atoms with Crippen molar-refractivity contribution in [2.24, 2.45) is 0 Å². The van der Waals surface area contributed by atoms with Crippen molar-refractivity contribution in [3.8, 4) is 11.4 Å². The molecule has 0 radical (unpaired) electrons. The molecule has 1 saturated heterocycles. The van der Waals surface area contributed by atoms with Gasteiger partial charge in [0.25, 0.3) is 5.56 Å². The van der Waals surface area contributed by atoms with Crippen LogP contribution in [0.25, 0.3) is 16.6 Å². The maximum Gasteiger partial charge on any atom is 0.319 e. The van der Waals surface area contributed by atoms with Gasteiger partial charge in [-0.1, -0.05) is 35.5 Å². The fourth-order valence-corrected chi connectivity index (χ4v) is 4.33. The Bertz CT molecular complexity index is 1140. The predicted octanol–water partition coefficient (Wildman–Crippen LogP) is 3.76. The van der Waals surface area contributed by atoms with Crippen LogP contribution in [0.4, 0.5) is 0 Å². The number of thioether (sulfide) groups is 1. The second-order valence-electron chi connectivity index (χ2n) is 6.39. The van der Waals surface area contributed by atoms with E-state index in [2.05, 4.69) is 4.98 Å². The Kier molecular flexibility index (Phi) is 5.03. The van der Waals surface area contributed by atoms with Gasteiger partial charge in [0.2, 0.25) is 0 Å². The van der Waals surface area contributed by atoms with Gasteiger partial charge in [0.15, 0.2) is 5.16 Å². The van der Waals surface area contributed by atoms with E-state index in [1.807, 2.05) is 13.0 Å². The van der Waals surface area contributed by atoms with Crippen molar-refractivity contribution in [1.82, 2.24) is 9.55 Å². The lowest BCUT2D eigenvalue weighted by Crippen LogP contribution is -2.24. The van der Waals surface area contributed by atoms with E-state index in [1.54, 1.807) is 30.3 Å². The third kappa shape index (κ3) is 3.25. The molecule has 8 heteroatoms. The van der Waals surface area contributed by atoms with Crippen LogP contribution in [0.5, 0.6) is 5.75 Å². The van der Waals surface area contributed by atoms with Crippen molar-refractivity contribution in [2.75, 3.05) is 13.7 Å². The fourth-order valence-electron chi connectivity index (χ4n) is 3.10. The molecule has 1 atom stereocenters. The number of esters is 1. The zero-order chi connectivity index (χ0) is 19.8. The van der Waals surface area contributed by atoms with E-state index >= 15 is 0 Å². The average molecular weight is 417 g/mol. The number of cyclic esters (lactones) is 1. The SMILES string of the molecule is COc1cc(Cl)c(C)cc1-n1c(S[C@@H]2CCOC2=O)nc2ccccc2c1=O. The minimum atomic E-state index is -0.404. The zero-order valence-corrected chi connectivity index (χ0v) is 16.8. The first kappa shape index (κ1) is 18.8. The quantitative estimate of drug-likeness (QED) is 0.476. The molecule has 0 saturated carbocycles. The van der Waals surface area contributed by atoms with Crippen molar-refractivity contribution in [3.05, 3.63) is 57.3 Å². The van der Waals surface area contributed by atoms with Crippen molar-refractivity contribution in [1.29, 1.82) is 0 Å². The monoisotopic (exact) mass is 416 g/mol. The molecular weight excluding hydrogens is 400 g/mol. The van der Waals surface area contributed by atoms with Gasteiger partial charge in [-0.2, -0.15) is 0 Å². The molecule has 4 rings (SSSR count). The second-order valence-corrected chi connectivity index (χ2v) is 7.97. The molecular formula is C20H17ClN2O4S. The van der Waals surface area contributed by atoms with Crippen molar-refractivity contribution < 1.29 is 14.3 Å². The van der Waals surface area contributed by atoms with Crippen molar-refractivity contribution >= 4 is 40.2 Å². The third-order valence-corrected chi connectivity index (χ3v) is 6.19. The molecule has 3 aromatic rings. The van der Waals surface area contributed by atoms with Crippen LogP contribution in [0.3, 0.4) is 0 Å². The van der Waals surface area contributed by atoms with Crippen LogP contribution in [0.2, 0.25) is 5.02 Å². The number of hydrogen-bond donors (Lipinski definition) is 0. The number of para-hydroxylation sites is 1. The number of aryl methyl sites for hydroxylation is 1. The summed E-state index contributed by atoms with van der Waals surface area (Å²) in [4.78, 5) is 30.0. The van der Waals surface area contributed by atoms with Gasteiger partial charge in [-0.3, -0.25) is 14.2 Å². The summed E-state index contributed by atoms with van der Waals surface area (Å²) in [6, 6.07) is 10.6. The van der Waals surface area contributed by atoms with Crippen LogP contribution in [0, 0.1) is 6.92 Å². The number of aromatic nitrogens is 2. The molecule has 1 fully saturated rings. The Hall–Kier alpha value is -2.51. The zero-order valence-electron chi connectivity index (χ0n) is 15.3. The summed E-state index contributed by atoms with van der Waals surface area (Å²) in [6.45, 7) is 2.23. The first-order valence-electron chi connectivity index (χ1n) is 8.69. The van der Waals surface area contributed by atoms with E-state index in [0.29, 0.717) is 45.5 Å². The molecule has 0 unspecified atom stereocenters. The van der Waals surface area contributed by atoms with Crippen LogP contribution >= 0.6 is 23.4 Å². The van der Waals surface area contributed by atoms with Crippen LogP contribution in [0.15, 0.2) is 46.3 Å². The Morgan fingerprint density at radius 1 is 1.29 bits per heavy atom. The molecule has 0 aliphatic carbocycles. The largest absolute Gasteiger partial charge is 0.495 e. The highest BCUT2D eigenvalue weighted by molar-refractivity contribution is 8.00. The molecule has 28 heavy (non-hydrogen) atoms. The van der Waals surface area contributed by atoms with Gasteiger partial charge in [-0.15, -0.1) is 0 Å². The fraction of sp³-hybridized carbons (Fsp3) is 0.250. The van der Waals surface area contributed by atoms with Gasteiger partial charge in [-0.25, -0.2) is 4.98 Å². The smallest absolute Gasteiger partial charge is 0.319 e. The normalized spacial score (nSPS) is 16.4. The first-order valence-corrected chi connectivity index (χ1v) is 9.95. The topological polar surface area (TPSA) is 70.4 Å². The third-order valence-electron chi connectivity index (χ3n) is 4.58. The Morgan fingerprint density at radius 2 is 2.07 bits per heavy atom. The summed E-state index contributed by atoms with van der Waals surface area (Å²) in [5.74, 6) is 0.156. The minimum absolute atomic E-state index is 0.237. The average Bonchev–Trinajstić information content (AvgIpc) is 3.09. The van der Waals surface area contributed by atoms with Gasteiger partial charge in [0.05, 0.1) is 30.3 Å². The number of benzene rings is 2. The molecule has 0 amide bonds. The van der Waals surface area contributed by atoms with Crippen molar-refractivity contribution in [3.63, 3.8) is 0 Å². The second kappa shape index (κ2) is 7.48. The van der Waals surface area contributed by atoms with Gasteiger partial charge >= 0.3 is 5.97 Å². The van der Waals surface area contributed by atoms with Gasteiger partial charge in [-0.05, 0) is 30.7 Å². The molecule has 0 bridgehead atoms. The number of hydrogen-bond acceptors (Lipinski definition) is 6. The number of halogens is 1. The number of carbonyl (C=O) groups excluding carboxylic acids is 1. The number of carbonyl (C=O) groups is 1. The number of fused-ring (bicyclic) bond motifs is 1. The molecule has 1 aliphatic rings. The van der Waals surface area contributed by atoms with E-state index in [0.717, 1.165) is 5.56 Å². The van der Waals surface area contributed by atoms with E-state index < -0.39 is 5.25 Å². The summed E-state index contributed by atoms with van der Waals surface area (Å²) in [5.41, 5.74) is 1.66. The summed E-state index contributed by atoms with van der Waals surface area (Å²) in [6.07, 6.45) is 0.572. The molecule has 0 N–H and O–H groups in total. The van der Waals surface area contributed by atoms with E-state index in [1.165, 1.54) is 23.4 Å². The molecule has 2 heterocycles. The summed E-state index contributed by atoms with van der Waals surface area (Å²) in [7, 11) is 1.52. The molecule has 6 nitrogen and oxygen atoms in total. The van der Waals surface area contributed by atoms with Crippen LogP contribution in [0.1, 0.15) is 12.0 Å². The maximum atomic E-state index is 13.4.